The maximum absolute atomic E-state index is 11.5. The van der Waals surface area contributed by atoms with Crippen LogP contribution in [0.5, 0.6) is 0 Å². The number of hydrogen-bond acceptors (Lipinski definition) is 3. The lowest BCUT2D eigenvalue weighted by Gasteiger charge is -2.16. The summed E-state index contributed by atoms with van der Waals surface area (Å²) in [6, 6.07) is -0.410. The predicted octanol–water partition coefficient (Wildman–Crippen LogP) is -0.196. The van der Waals surface area contributed by atoms with Gasteiger partial charge in [0.1, 0.15) is 0 Å². The Hall–Kier alpha value is -0.330. The highest BCUT2D eigenvalue weighted by atomic mass is 19.4. The summed E-state index contributed by atoms with van der Waals surface area (Å²) in [4.78, 5) is 0. The van der Waals surface area contributed by atoms with Crippen LogP contribution < -0.4 is 11.1 Å². The Morgan fingerprint density at radius 1 is 1.55 bits per heavy atom. The van der Waals surface area contributed by atoms with Crippen LogP contribution >= 0.6 is 0 Å². The van der Waals surface area contributed by atoms with E-state index in [9.17, 15) is 13.2 Å². The van der Waals surface area contributed by atoms with Crippen LogP contribution in [0.2, 0.25) is 0 Å². The van der Waals surface area contributed by atoms with Gasteiger partial charge in [0.15, 0.2) is 0 Å². The van der Waals surface area contributed by atoms with E-state index in [0.29, 0.717) is 0 Å². The van der Waals surface area contributed by atoms with E-state index in [-0.39, 0.29) is 6.54 Å². The van der Waals surface area contributed by atoms with Gasteiger partial charge >= 0.3 is 6.18 Å². The van der Waals surface area contributed by atoms with Crippen LogP contribution in [0.15, 0.2) is 0 Å². The molecule has 68 valence electrons. The molecule has 0 saturated heterocycles. The fourth-order valence-corrected chi connectivity index (χ4v) is 0.413. The van der Waals surface area contributed by atoms with Crippen molar-refractivity contribution in [2.75, 3.05) is 6.54 Å². The second kappa shape index (κ2) is 3.89. The minimum Gasteiger partial charge on any atom is -0.370 e. The van der Waals surface area contributed by atoms with Crippen molar-refractivity contribution < 1.29 is 18.3 Å². The number of rotatable bonds is 3. The van der Waals surface area contributed by atoms with E-state index >= 15 is 0 Å². The molecular formula is C5H11F3N2O. The van der Waals surface area contributed by atoms with Gasteiger partial charge in [0.25, 0.3) is 0 Å². The molecule has 0 bridgehead atoms. The second-order valence-electron chi connectivity index (χ2n) is 2.33. The largest absolute Gasteiger partial charge is 0.427 e. The fourth-order valence-electron chi connectivity index (χ4n) is 0.413. The third-order valence-corrected chi connectivity index (χ3v) is 0.943. The number of hydrogen-bond donors (Lipinski definition) is 3. The lowest BCUT2D eigenvalue weighted by atomic mass is 10.3. The van der Waals surface area contributed by atoms with Gasteiger partial charge in [0, 0.05) is 12.6 Å². The molecule has 0 rings (SSSR count). The van der Waals surface area contributed by atoms with Crippen LogP contribution in [0.4, 0.5) is 13.2 Å². The summed E-state index contributed by atoms with van der Waals surface area (Å²) in [5.41, 5.74) is 5.14. The van der Waals surface area contributed by atoms with Crippen LogP contribution in [-0.4, -0.2) is 30.1 Å². The Balaban J connectivity index is 3.61. The topological polar surface area (TPSA) is 58.3 Å². The van der Waals surface area contributed by atoms with E-state index in [1.807, 2.05) is 5.32 Å². The molecule has 0 aromatic heterocycles. The zero-order valence-corrected chi connectivity index (χ0v) is 6.02. The zero-order valence-electron chi connectivity index (χ0n) is 6.02. The molecule has 0 spiro atoms. The first-order chi connectivity index (χ1) is 4.84. The summed E-state index contributed by atoms with van der Waals surface area (Å²) in [5.74, 6) is 0. The van der Waals surface area contributed by atoms with Gasteiger partial charge in [-0.3, -0.25) is 5.32 Å². The number of aliphatic hydroxyl groups excluding tert-OH is 1. The summed E-state index contributed by atoms with van der Waals surface area (Å²) in [6.45, 7) is 1.47. The van der Waals surface area contributed by atoms with E-state index < -0.39 is 18.4 Å². The van der Waals surface area contributed by atoms with Crippen molar-refractivity contribution in [1.82, 2.24) is 5.32 Å². The van der Waals surface area contributed by atoms with Crippen molar-refractivity contribution >= 4 is 0 Å². The second-order valence-corrected chi connectivity index (χ2v) is 2.33. The van der Waals surface area contributed by atoms with Gasteiger partial charge in [-0.1, -0.05) is 0 Å². The lowest BCUT2D eigenvalue weighted by molar-refractivity contribution is -0.213. The molecule has 4 N–H and O–H groups in total. The Morgan fingerprint density at radius 2 is 2.00 bits per heavy atom. The molecule has 0 saturated carbocycles. The molecule has 0 aromatic carbocycles. The molecule has 2 atom stereocenters. The molecule has 0 radical (unpaired) electrons. The normalized spacial score (nSPS) is 18.0. The Kier molecular flexibility index (Phi) is 3.77. The van der Waals surface area contributed by atoms with Crippen LogP contribution in [0.1, 0.15) is 6.92 Å². The van der Waals surface area contributed by atoms with Gasteiger partial charge in [-0.2, -0.15) is 13.2 Å². The van der Waals surface area contributed by atoms with Gasteiger partial charge in [-0.15, -0.1) is 0 Å². The number of alkyl halides is 3. The first-order valence-electron chi connectivity index (χ1n) is 3.07. The highest BCUT2D eigenvalue weighted by Crippen LogP contribution is 2.17. The molecular weight excluding hydrogens is 161 g/mol. The van der Waals surface area contributed by atoms with E-state index in [1.165, 1.54) is 6.92 Å². The highest BCUT2D eigenvalue weighted by Gasteiger charge is 2.37. The van der Waals surface area contributed by atoms with Crippen LogP contribution in [-0.2, 0) is 0 Å². The number of nitrogens with two attached hydrogens (primary N) is 1. The lowest BCUT2D eigenvalue weighted by Crippen LogP contribution is -2.46. The van der Waals surface area contributed by atoms with E-state index in [0.717, 1.165) is 0 Å². The molecule has 3 nitrogen and oxygen atoms in total. The monoisotopic (exact) mass is 172 g/mol. The summed E-state index contributed by atoms with van der Waals surface area (Å²) >= 11 is 0. The number of nitrogens with one attached hydrogen (secondary N) is 1. The van der Waals surface area contributed by atoms with Crippen molar-refractivity contribution in [3.63, 3.8) is 0 Å². The minimum atomic E-state index is -4.62. The molecule has 0 aromatic rings. The van der Waals surface area contributed by atoms with Gasteiger partial charge in [0.2, 0.25) is 6.23 Å². The summed E-state index contributed by atoms with van der Waals surface area (Å²) in [7, 11) is 0. The van der Waals surface area contributed by atoms with E-state index in [4.69, 9.17) is 10.8 Å². The number of aliphatic hydroxyl groups is 1. The quantitative estimate of drug-likeness (QED) is 0.517. The van der Waals surface area contributed by atoms with E-state index in [1.54, 1.807) is 0 Å². The third kappa shape index (κ3) is 5.00. The third-order valence-electron chi connectivity index (χ3n) is 0.943. The van der Waals surface area contributed by atoms with E-state index in [2.05, 4.69) is 0 Å². The van der Waals surface area contributed by atoms with Crippen molar-refractivity contribution in [1.29, 1.82) is 0 Å². The molecule has 0 aliphatic rings. The van der Waals surface area contributed by atoms with Crippen molar-refractivity contribution in [2.45, 2.75) is 25.4 Å². The van der Waals surface area contributed by atoms with Crippen molar-refractivity contribution in [3.8, 4) is 0 Å². The SMILES string of the molecule is C[C@H](N)CNC(O)C(F)(F)F. The van der Waals surface area contributed by atoms with Crippen LogP contribution in [0.3, 0.4) is 0 Å². The fraction of sp³-hybridized carbons (Fsp3) is 1.00. The smallest absolute Gasteiger partial charge is 0.370 e. The van der Waals surface area contributed by atoms with Crippen molar-refractivity contribution in [2.24, 2.45) is 5.73 Å². The van der Waals surface area contributed by atoms with Gasteiger partial charge < -0.3 is 10.8 Å². The minimum absolute atomic E-state index is 0.0688. The summed E-state index contributed by atoms with van der Waals surface area (Å²) in [6.07, 6.45) is -7.09. The molecule has 0 amide bonds. The zero-order chi connectivity index (χ0) is 9.07. The Morgan fingerprint density at radius 3 is 2.27 bits per heavy atom. The van der Waals surface area contributed by atoms with Gasteiger partial charge in [-0.05, 0) is 6.92 Å². The maximum atomic E-state index is 11.5. The summed E-state index contributed by atoms with van der Waals surface area (Å²) < 4.78 is 34.6. The van der Waals surface area contributed by atoms with Gasteiger partial charge in [-0.25, -0.2) is 0 Å². The van der Waals surface area contributed by atoms with Gasteiger partial charge in [0.05, 0.1) is 0 Å². The first kappa shape index (κ1) is 10.7. The Labute approximate surface area is 62.4 Å². The van der Waals surface area contributed by atoms with Crippen LogP contribution in [0, 0.1) is 0 Å². The standard InChI is InChI=1S/C5H11F3N2O/c1-3(9)2-10-4(11)5(6,7)8/h3-4,10-11H,2,9H2,1H3/t3-,4?/m0/s1. The molecule has 0 fully saturated rings. The maximum Gasteiger partial charge on any atom is 0.427 e. The predicted molar refractivity (Wildman–Crippen MR) is 33.7 cm³/mol. The Bertz CT molecular complexity index is 115. The van der Waals surface area contributed by atoms with Crippen molar-refractivity contribution in [3.05, 3.63) is 0 Å². The highest BCUT2D eigenvalue weighted by molar-refractivity contribution is 4.65. The molecule has 0 aliphatic heterocycles. The molecule has 6 heteroatoms. The first-order valence-corrected chi connectivity index (χ1v) is 3.07. The molecule has 1 unspecified atom stereocenters. The molecule has 11 heavy (non-hydrogen) atoms. The van der Waals surface area contributed by atoms with Crippen LogP contribution in [0.25, 0.3) is 0 Å². The number of halogens is 3. The molecule has 0 heterocycles. The average Bonchev–Trinajstić information content (AvgIpc) is 1.80. The summed E-state index contributed by atoms with van der Waals surface area (Å²) in [5, 5.41) is 10.2. The molecule has 0 aliphatic carbocycles. The average molecular weight is 172 g/mol.